The molecule has 0 N–H and O–H groups in total. The van der Waals surface area contributed by atoms with Crippen LogP contribution in [0.15, 0.2) is 77.7 Å². The van der Waals surface area contributed by atoms with Crippen molar-refractivity contribution in [3.63, 3.8) is 0 Å². The number of carbonyl (C=O) groups excluding carboxylic acids is 2. The molecule has 178 valence electrons. The van der Waals surface area contributed by atoms with Crippen LogP contribution >= 0.6 is 22.9 Å². The molecule has 3 aromatic rings. The SMILES string of the molecule is C=CCN(CC=C)S(=O)(=O)c1ccc(C(=O)N=c2sc3cccc(Cl)c3n2CC(=O)OC)cc1. The first kappa shape index (κ1) is 25.6. The van der Waals surface area contributed by atoms with E-state index in [-0.39, 0.29) is 34.9 Å². The van der Waals surface area contributed by atoms with Gasteiger partial charge in [0, 0.05) is 18.7 Å². The molecule has 34 heavy (non-hydrogen) atoms. The number of halogens is 1. The second kappa shape index (κ2) is 10.9. The van der Waals surface area contributed by atoms with Gasteiger partial charge in [0.25, 0.3) is 5.91 Å². The monoisotopic (exact) mass is 519 g/mol. The van der Waals surface area contributed by atoms with Crippen LogP contribution in [0.25, 0.3) is 10.2 Å². The standard InChI is InChI=1S/C23H22ClN3O5S2/c1-4-13-26(14-5-2)34(30,31)17-11-9-16(10-12-17)22(29)25-23-27(15-20(28)32-3)21-18(24)7-6-8-19(21)33-23/h4-12H,1-2,13-15H2,3H3. The third kappa shape index (κ3) is 5.36. The van der Waals surface area contributed by atoms with Crippen molar-refractivity contribution < 1.29 is 22.7 Å². The van der Waals surface area contributed by atoms with Crippen molar-refractivity contribution >= 4 is 55.1 Å². The van der Waals surface area contributed by atoms with Crippen molar-refractivity contribution in [1.29, 1.82) is 0 Å². The quantitative estimate of drug-likeness (QED) is 0.317. The smallest absolute Gasteiger partial charge is 0.325 e. The summed E-state index contributed by atoms with van der Waals surface area (Å²) in [7, 11) is -2.53. The Bertz CT molecular complexity index is 1410. The largest absolute Gasteiger partial charge is 0.468 e. The summed E-state index contributed by atoms with van der Waals surface area (Å²) in [5.74, 6) is -1.12. The fourth-order valence-electron chi connectivity index (χ4n) is 3.14. The zero-order chi connectivity index (χ0) is 24.9. The Hall–Kier alpha value is -3.05. The predicted octanol–water partition coefficient (Wildman–Crippen LogP) is 3.63. The molecule has 0 bridgehead atoms. The molecule has 0 aliphatic carbocycles. The van der Waals surface area contributed by atoms with Crippen molar-refractivity contribution in [1.82, 2.24) is 8.87 Å². The fourth-order valence-corrected chi connectivity index (χ4v) is 5.91. The van der Waals surface area contributed by atoms with Gasteiger partial charge in [-0.3, -0.25) is 9.59 Å². The molecule has 1 amide bonds. The molecule has 8 nitrogen and oxygen atoms in total. The zero-order valence-corrected chi connectivity index (χ0v) is 20.7. The normalized spacial score (nSPS) is 12.1. The molecule has 0 saturated heterocycles. The van der Waals surface area contributed by atoms with Crippen LogP contribution in [0.1, 0.15) is 10.4 Å². The van der Waals surface area contributed by atoms with Crippen LogP contribution in [0, 0.1) is 0 Å². The lowest BCUT2D eigenvalue weighted by molar-refractivity contribution is -0.141. The van der Waals surface area contributed by atoms with E-state index < -0.39 is 21.9 Å². The Kier molecular flexibility index (Phi) is 8.21. The summed E-state index contributed by atoms with van der Waals surface area (Å²) in [5, 5.41) is 0.407. The summed E-state index contributed by atoms with van der Waals surface area (Å²) in [5.41, 5.74) is 0.753. The van der Waals surface area contributed by atoms with E-state index in [9.17, 15) is 18.0 Å². The molecule has 0 fully saturated rings. The van der Waals surface area contributed by atoms with E-state index in [1.54, 1.807) is 18.2 Å². The number of methoxy groups -OCH3 is 1. The van der Waals surface area contributed by atoms with E-state index in [0.717, 1.165) is 4.70 Å². The summed E-state index contributed by atoms with van der Waals surface area (Å²) in [6, 6.07) is 10.7. The number of aromatic nitrogens is 1. The van der Waals surface area contributed by atoms with Crippen LogP contribution in [-0.4, -0.2) is 49.4 Å². The molecule has 3 rings (SSSR count). The number of amides is 1. The number of para-hydroxylation sites is 1. The number of carbonyl (C=O) groups is 2. The molecule has 0 spiro atoms. The summed E-state index contributed by atoms with van der Waals surface area (Å²) in [6.45, 7) is 7.24. The number of hydrogen-bond donors (Lipinski definition) is 0. The van der Waals surface area contributed by atoms with E-state index >= 15 is 0 Å². The average molecular weight is 520 g/mol. The molecule has 0 atom stereocenters. The number of rotatable bonds is 9. The van der Waals surface area contributed by atoms with Gasteiger partial charge in [0.2, 0.25) is 10.0 Å². The first-order valence-electron chi connectivity index (χ1n) is 9.98. The van der Waals surface area contributed by atoms with Gasteiger partial charge >= 0.3 is 5.97 Å². The average Bonchev–Trinajstić information content (AvgIpc) is 3.16. The summed E-state index contributed by atoms with van der Waals surface area (Å²) < 4.78 is 33.9. The van der Waals surface area contributed by atoms with Gasteiger partial charge in [-0.1, -0.05) is 41.2 Å². The minimum absolute atomic E-state index is 0.0298. The Balaban J connectivity index is 2.00. The zero-order valence-electron chi connectivity index (χ0n) is 18.3. The van der Waals surface area contributed by atoms with Crippen molar-refractivity contribution in [2.75, 3.05) is 20.2 Å². The van der Waals surface area contributed by atoms with Gasteiger partial charge < -0.3 is 9.30 Å². The van der Waals surface area contributed by atoms with Gasteiger partial charge in [0.15, 0.2) is 4.80 Å². The Morgan fingerprint density at radius 1 is 1.15 bits per heavy atom. The van der Waals surface area contributed by atoms with E-state index in [2.05, 4.69) is 18.2 Å². The van der Waals surface area contributed by atoms with Crippen LogP contribution in [0.2, 0.25) is 5.02 Å². The second-order valence-corrected chi connectivity index (χ2v) is 10.3. The number of hydrogen-bond acceptors (Lipinski definition) is 6. The third-order valence-electron chi connectivity index (χ3n) is 4.77. The number of esters is 1. The first-order valence-corrected chi connectivity index (χ1v) is 12.6. The highest BCUT2D eigenvalue weighted by Crippen LogP contribution is 2.25. The number of sulfonamides is 1. The maximum absolute atomic E-state index is 12.9. The highest BCUT2D eigenvalue weighted by molar-refractivity contribution is 7.89. The molecule has 1 aromatic heterocycles. The molecule has 0 saturated carbocycles. The van der Waals surface area contributed by atoms with Crippen molar-refractivity contribution in [2.45, 2.75) is 11.4 Å². The summed E-state index contributed by atoms with van der Waals surface area (Å²) >= 11 is 7.52. The molecule has 0 aliphatic heterocycles. The number of fused-ring (bicyclic) bond motifs is 1. The highest BCUT2D eigenvalue weighted by Gasteiger charge is 2.23. The highest BCUT2D eigenvalue weighted by atomic mass is 35.5. The van der Waals surface area contributed by atoms with E-state index in [1.165, 1.54) is 63.7 Å². The number of benzene rings is 2. The number of nitrogens with zero attached hydrogens (tertiary/aromatic N) is 3. The van der Waals surface area contributed by atoms with Crippen molar-refractivity contribution in [3.05, 3.63) is 83.2 Å². The van der Waals surface area contributed by atoms with Gasteiger partial charge in [-0.25, -0.2) is 8.42 Å². The van der Waals surface area contributed by atoms with E-state index in [4.69, 9.17) is 16.3 Å². The van der Waals surface area contributed by atoms with Gasteiger partial charge in [0.05, 0.1) is 27.2 Å². The van der Waals surface area contributed by atoms with E-state index in [0.29, 0.717) is 10.5 Å². The Morgan fingerprint density at radius 2 is 1.79 bits per heavy atom. The molecule has 0 aliphatic rings. The van der Waals surface area contributed by atoms with Gasteiger partial charge in [0.1, 0.15) is 6.54 Å². The molecule has 1 heterocycles. The second-order valence-electron chi connectivity index (χ2n) is 6.97. The maximum atomic E-state index is 12.9. The van der Waals surface area contributed by atoms with Crippen LogP contribution < -0.4 is 4.80 Å². The van der Waals surface area contributed by atoms with Crippen molar-refractivity contribution in [3.8, 4) is 0 Å². The lowest BCUT2D eigenvalue weighted by atomic mass is 10.2. The molecule has 2 aromatic carbocycles. The molecule has 0 radical (unpaired) electrons. The van der Waals surface area contributed by atoms with Crippen LogP contribution in [0.5, 0.6) is 0 Å². The van der Waals surface area contributed by atoms with E-state index in [1.807, 2.05) is 0 Å². The fraction of sp³-hybridized carbons (Fsp3) is 0.174. The summed E-state index contributed by atoms with van der Waals surface area (Å²) in [4.78, 5) is 29.3. The molecule has 11 heteroatoms. The topological polar surface area (TPSA) is 98.0 Å². The minimum Gasteiger partial charge on any atom is -0.468 e. The Morgan fingerprint density at radius 3 is 2.38 bits per heavy atom. The lowest BCUT2D eigenvalue weighted by Crippen LogP contribution is -2.31. The third-order valence-corrected chi connectivity index (χ3v) is 7.96. The predicted molar refractivity (Wildman–Crippen MR) is 132 cm³/mol. The molecular weight excluding hydrogens is 498 g/mol. The van der Waals surface area contributed by atoms with Gasteiger partial charge in [-0.2, -0.15) is 9.30 Å². The van der Waals surface area contributed by atoms with Crippen LogP contribution in [0.4, 0.5) is 0 Å². The molecular formula is C23H22ClN3O5S2. The minimum atomic E-state index is -3.79. The van der Waals surface area contributed by atoms with Crippen LogP contribution in [-0.2, 0) is 26.1 Å². The maximum Gasteiger partial charge on any atom is 0.325 e. The van der Waals surface area contributed by atoms with Gasteiger partial charge in [-0.15, -0.1) is 13.2 Å². The summed E-state index contributed by atoms with van der Waals surface area (Å²) in [6.07, 6.45) is 2.97. The van der Waals surface area contributed by atoms with Gasteiger partial charge in [-0.05, 0) is 36.4 Å². The lowest BCUT2D eigenvalue weighted by Gasteiger charge is -2.19. The first-order chi connectivity index (χ1) is 16.2. The number of ether oxygens (including phenoxy) is 1. The number of thiazole rings is 1. The van der Waals surface area contributed by atoms with Crippen LogP contribution in [0.3, 0.4) is 0 Å². The Labute approximate surface area is 206 Å². The van der Waals surface area contributed by atoms with Crippen molar-refractivity contribution in [2.24, 2.45) is 4.99 Å². The molecule has 0 unspecified atom stereocenters.